The molecule has 114 valence electrons. The van der Waals surface area contributed by atoms with E-state index in [0.29, 0.717) is 12.1 Å². The Morgan fingerprint density at radius 1 is 1.38 bits per heavy atom. The van der Waals surface area contributed by atoms with Crippen molar-refractivity contribution in [3.63, 3.8) is 0 Å². The Labute approximate surface area is 116 Å². The zero-order chi connectivity index (χ0) is 15.6. The highest BCUT2D eigenvalue weighted by atomic mass is 19.4. The van der Waals surface area contributed by atoms with Gasteiger partial charge in [0.05, 0.1) is 18.2 Å². The molecule has 0 aliphatic heterocycles. The molecule has 1 aromatic carbocycles. The van der Waals surface area contributed by atoms with E-state index >= 15 is 0 Å². The summed E-state index contributed by atoms with van der Waals surface area (Å²) in [7, 11) is 1.52. The number of aliphatic hydroxyl groups is 1. The third-order valence-electron chi connectivity index (χ3n) is 2.80. The maximum atomic E-state index is 13.2. The maximum absolute atomic E-state index is 13.2. The van der Waals surface area contributed by atoms with Crippen molar-refractivity contribution in [2.75, 3.05) is 11.9 Å². The van der Waals surface area contributed by atoms with Crippen molar-refractivity contribution >= 4 is 5.95 Å². The highest BCUT2D eigenvalue weighted by molar-refractivity contribution is 5.35. The molecule has 0 saturated carbocycles. The first kappa shape index (κ1) is 15.2. The first-order valence-corrected chi connectivity index (χ1v) is 5.79. The van der Waals surface area contributed by atoms with E-state index in [1.807, 2.05) is 0 Å². The van der Waals surface area contributed by atoms with Gasteiger partial charge in [-0.25, -0.2) is 9.07 Å². The molecule has 1 heterocycles. The van der Waals surface area contributed by atoms with Crippen LogP contribution in [0.15, 0.2) is 18.2 Å². The van der Waals surface area contributed by atoms with Crippen LogP contribution in [-0.2, 0) is 13.2 Å². The van der Waals surface area contributed by atoms with E-state index in [1.54, 1.807) is 0 Å². The van der Waals surface area contributed by atoms with E-state index < -0.39 is 30.2 Å². The lowest BCUT2D eigenvalue weighted by Crippen LogP contribution is -2.19. The molecule has 6 nitrogen and oxygen atoms in total. The molecule has 2 aromatic rings. The normalized spacial score (nSPS) is 13.2. The summed E-state index contributed by atoms with van der Waals surface area (Å²) in [6.45, 7) is -0.518. The predicted octanol–water partition coefficient (Wildman–Crippen LogP) is 1.51. The van der Waals surface area contributed by atoms with Crippen LogP contribution in [0.4, 0.5) is 23.5 Å². The fourth-order valence-electron chi connectivity index (χ4n) is 1.72. The molecule has 0 spiro atoms. The van der Waals surface area contributed by atoms with Crippen molar-refractivity contribution in [1.29, 1.82) is 0 Å². The average Bonchev–Trinajstić information content (AvgIpc) is 2.81. The first-order chi connectivity index (χ1) is 9.82. The monoisotopic (exact) mass is 305 g/mol. The Balaban J connectivity index is 2.33. The van der Waals surface area contributed by atoms with E-state index in [9.17, 15) is 22.7 Å². The molecule has 1 aromatic heterocycles. The average molecular weight is 305 g/mol. The molecular formula is C11H11F4N5O. The lowest BCUT2D eigenvalue weighted by molar-refractivity contribution is -0.140. The second-order valence-electron chi connectivity index (χ2n) is 4.24. The number of benzene rings is 1. The smallest absolute Gasteiger partial charge is 0.394 e. The van der Waals surface area contributed by atoms with E-state index in [1.165, 1.54) is 11.7 Å². The fraction of sp³-hybridized carbons (Fsp3) is 0.364. The van der Waals surface area contributed by atoms with Crippen LogP contribution in [0.2, 0.25) is 0 Å². The van der Waals surface area contributed by atoms with Gasteiger partial charge in [0.1, 0.15) is 5.82 Å². The molecule has 0 radical (unpaired) electrons. The predicted molar refractivity (Wildman–Crippen MR) is 63.6 cm³/mol. The van der Waals surface area contributed by atoms with Gasteiger partial charge in [-0.05, 0) is 28.1 Å². The molecule has 0 bridgehead atoms. The summed E-state index contributed by atoms with van der Waals surface area (Å²) in [5.41, 5.74) is -1.33. The number of nitrogens with zero attached hydrogens (tertiary/aromatic N) is 4. The number of aryl methyl sites for hydroxylation is 1. The molecule has 2 N–H and O–H groups in total. The molecule has 0 amide bonds. The van der Waals surface area contributed by atoms with Crippen molar-refractivity contribution in [2.24, 2.45) is 7.05 Å². The largest absolute Gasteiger partial charge is 0.419 e. The lowest BCUT2D eigenvalue weighted by Gasteiger charge is -2.18. The Bertz CT molecular complexity index is 627. The van der Waals surface area contributed by atoms with Gasteiger partial charge in [0.15, 0.2) is 0 Å². The van der Waals surface area contributed by atoms with Gasteiger partial charge < -0.3 is 10.4 Å². The number of aliphatic hydroxyl groups excluding tert-OH is 1. The molecule has 1 atom stereocenters. The molecule has 1 unspecified atom stereocenters. The van der Waals surface area contributed by atoms with Gasteiger partial charge >= 0.3 is 6.18 Å². The summed E-state index contributed by atoms with van der Waals surface area (Å²) in [6.07, 6.45) is -4.81. The summed E-state index contributed by atoms with van der Waals surface area (Å²) in [5, 5.41) is 22.5. The molecule has 0 aliphatic carbocycles. The van der Waals surface area contributed by atoms with Crippen LogP contribution in [0.5, 0.6) is 0 Å². The highest BCUT2D eigenvalue weighted by Gasteiger charge is 2.34. The van der Waals surface area contributed by atoms with Gasteiger partial charge in [0.2, 0.25) is 5.95 Å². The first-order valence-electron chi connectivity index (χ1n) is 5.79. The number of halogens is 4. The molecule has 0 fully saturated rings. The van der Waals surface area contributed by atoms with Crippen LogP contribution < -0.4 is 5.32 Å². The zero-order valence-electron chi connectivity index (χ0n) is 10.8. The minimum absolute atomic E-state index is 0.0641. The van der Waals surface area contributed by atoms with Crippen molar-refractivity contribution in [2.45, 2.75) is 12.2 Å². The Hall–Kier alpha value is -2.23. The number of rotatable bonds is 4. The lowest BCUT2D eigenvalue weighted by atomic mass is 10.0. The van der Waals surface area contributed by atoms with Crippen LogP contribution in [-0.4, -0.2) is 31.9 Å². The summed E-state index contributed by atoms with van der Waals surface area (Å²) in [5.74, 6) is -1.21. The second kappa shape index (κ2) is 5.64. The fourth-order valence-corrected chi connectivity index (χ4v) is 1.72. The van der Waals surface area contributed by atoms with Gasteiger partial charge in [0, 0.05) is 7.05 Å². The molecule has 21 heavy (non-hydrogen) atoms. The van der Waals surface area contributed by atoms with Crippen molar-refractivity contribution < 1.29 is 22.7 Å². The van der Waals surface area contributed by atoms with Crippen LogP contribution in [0.1, 0.15) is 17.2 Å². The number of hydrogen-bond acceptors (Lipinski definition) is 5. The van der Waals surface area contributed by atoms with E-state index in [-0.39, 0.29) is 11.5 Å². The van der Waals surface area contributed by atoms with Crippen molar-refractivity contribution in [3.05, 3.63) is 35.1 Å². The number of nitrogens with one attached hydrogen (secondary N) is 1. The van der Waals surface area contributed by atoms with E-state index in [4.69, 9.17) is 0 Å². The highest BCUT2D eigenvalue weighted by Crippen LogP contribution is 2.33. The minimum Gasteiger partial charge on any atom is -0.394 e. The summed E-state index contributed by atoms with van der Waals surface area (Å²) < 4.78 is 52.5. The summed E-state index contributed by atoms with van der Waals surface area (Å²) >= 11 is 0. The Morgan fingerprint density at radius 2 is 2.10 bits per heavy atom. The number of tetrazole rings is 1. The SMILES string of the molecule is Cn1nnnc1NC(CO)c1ccc(F)c(C(F)(F)F)c1. The Kier molecular flexibility index (Phi) is 4.07. The number of anilines is 1. The van der Waals surface area contributed by atoms with Gasteiger partial charge in [0.25, 0.3) is 0 Å². The number of hydrogen-bond donors (Lipinski definition) is 2. The summed E-state index contributed by atoms with van der Waals surface area (Å²) in [6, 6.07) is 1.60. The molecule has 10 heteroatoms. The van der Waals surface area contributed by atoms with E-state index in [0.717, 1.165) is 6.07 Å². The van der Waals surface area contributed by atoms with Crippen LogP contribution in [0, 0.1) is 5.82 Å². The minimum atomic E-state index is -4.81. The van der Waals surface area contributed by atoms with Gasteiger partial charge in [-0.15, -0.1) is 0 Å². The van der Waals surface area contributed by atoms with Gasteiger partial charge in [-0.1, -0.05) is 11.2 Å². The van der Waals surface area contributed by atoms with Crippen molar-refractivity contribution in [1.82, 2.24) is 20.2 Å². The quantitative estimate of drug-likeness (QED) is 0.838. The Morgan fingerprint density at radius 3 is 2.62 bits per heavy atom. The molecule has 2 rings (SSSR count). The molecule has 0 aliphatic rings. The molecule has 0 saturated heterocycles. The third-order valence-corrected chi connectivity index (χ3v) is 2.80. The molecular weight excluding hydrogens is 294 g/mol. The maximum Gasteiger partial charge on any atom is 0.419 e. The van der Waals surface area contributed by atoms with Crippen LogP contribution in [0.25, 0.3) is 0 Å². The summed E-state index contributed by atoms with van der Waals surface area (Å²) in [4.78, 5) is 0. The van der Waals surface area contributed by atoms with E-state index in [2.05, 4.69) is 20.8 Å². The van der Waals surface area contributed by atoms with Crippen LogP contribution in [0.3, 0.4) is 0 Å². The van der Waals surface area contributed by atoms with Gasteiger partial charge in [-0.3, -0.25) is 0 Å². The number of alkyl halides is 3. The van der Waals surface area contributed by atoms with Crippen molar-refractivity contribution in [3.8, 4) is 0 Å². The van der Waals surface area contributed by atoms with Crippen LogP contribution >= 0.6 is 0 Å². The number of aromatic nitrogens is 4. The second-order valence-corrected chi connectivity index (χ2v) is 4.24. The topological polar surface area (TPSA) is 75.9 Å². The third kappa shape index (κ3) is 3.27. The standard InChI is InChI=1S/C11H11F4N5O/c1-20-10(17-18-19-20)16-9(5-21)6-2-3-8(12)7(4-6)11(13,14)15/h2-4,9,21H,5H2,1H3,(H,16,17,19). The van der Waals surface area contributed by atoms with Gasteiger partial charge in [-0.2, -0.15) is 13.2 Å². The zero-order valence-corrected chi connectivity index (χ0v) is 10.8.